The highest BCUT2D eigenvalue weighted by molar-refractivity contribution is 5.94. The Morgan fingerprint density at radius 2 is 1.86 bits per heavy atom. The van der Waals surface area contributed by atoms with E-state index in [0.29, 0.717) is 12.2 Å². The maximum absolute atomic E-state index is 11.8. The van der Waals surface area contributed by atoms with Gasteiger partial charge in [-0.1, -0.05) is 6.92 Å². The molecule has 5 nitrogen and oxygen atoms in total. The third-order valence-corrected chi connectivity index (χ3v) is 2.86. The van der Waals surface area contributed by atoms with E-state index in [9.17, 15) is 4.79 Å². The van der Waals surface area contributed by atoms with E-state index in [2.05, 4.69) is 17.5 Å². The van der Waals surface area contributed by atoms with E-state index in [1.165, 1.54) is 24.3 Å². The fraction of sp³-hybridized carbons (Fsp3) is 0.176. The summed E-state index contributed by atoms with van der Waals surface area (Å²) in [4.78, 5) is 11.8. The Kier molecular flexibility index (Phi) is 5.54. The molecular weight excluding hydrogens is 280 g/mol. The van der Waals surface area contributed by atoms with Gasteiger partial charge in [-0.2, -0.15) is 5.10 Å². The second-order valence-electron chi connectivity index (χ2n) is 4.66. The average Bonchev–Trinajstić information content (AvgIpc) is 2.54. The minimum absolute atomic E-state index is 0.116. The fourth-order valence-corrected chi connectivity index (χ4v) is 1.71. The molecule has 0 radical (unpaired) electrons. The van der Waals surface area contributed by atoms with Crippen molar-refractivity contribution < 1.29 is 14.6 Å². The van der Waals surface area contributed by atoms with Gasteiger partial charge in [0.15, 0.2) is 0 Å². The first-order valence-corrected chi connectivity index (χ1v) is 7.04. The van der Waals surface area contributed by atoms with Gasteiger partial charge in [-0.15, -0.1) is 0 Å². The van der Waals surface area contributed by atoms with Crippen molar-refractivity contribution in [1.82, 2.24) is 5.43 Å². The molecule has 0 aliphatic rings. The van der Waals surface area contributed by atoms with E-state index in [-0.39, 0.29) is 11.7 Å². The fourth-order valence-electron chi connectivity index (χ4n) is 1.71. The molecule has 1 amide bonds. The van der Waals surface area contributed by atoms with E-state index >= 15 is 0 Å². The number of benzene rings is 2. The van der Waals surface area contributed by atoms with Gasteiger partial charge in [0.05, 0.1) is 12.8 Å². The molecule has 0 saturated carbocycles. The van der Waals surface area contributed by atoms with Gasteiger partial charge >= 0.3 is 0 Å². The first-order valence-electron chi connectivity index (χ1n) is 7.04. The van der Waals surface area contributed by atoms with Crippen molar-refractivity contribution in [3.8, 4) is 11.5 Å². The number of phenolic OH excluding ortho intramolecular Hbond substituents is 1. The summed E-state index contributed by atoms with van der Waals surface area (Å²) in [5, 5.41) is 13.1. The van der Waals surface area contributed by atoms with Crippen molar-refractivity contribution in [2.75, 3.05) is 6.61 Å². The highest BCUT2D eigenvalue weighted by atomic mass is 16.5. The summed E-state index contributed by atoms with van der Waals surface area (Å²) in [6.07, 6.45) is 2.52. The Morgan fingerprint density at radius 3 is 2.50 bits per heavy atom. The molecule has 2 aromatic rings. The first kappa shape index (κ1) is 15.6. The monoisotopic (exact) mass is 298 g/mol. The molecule has 0 aromatic heterocycles. The van der Waals surface area contributed by atoms with Crippen LogP contribution in [0.25, 0.3) is 0 Å². The van der Waals surface area contributed by atoms with Gasteiger partial charge in [0, 0.05) is 5.56 Å². The Hall–Kier alpha value is -2.82. The summed E-state index contributed by atoms with van der Waals surface area (Å²) in [5.41, 5.74) is 3.72. The topological polar surface area (TPSA) is 70.9 Å². The molecule has 0 aliphatic carbocycles. The molecule has 2 rings (SSSR count). The molecule has 114 valence electrons. The van der Waals surface area contributed by atoms with E-state index in [4.69, 9.17) is 9.84 Å². The standard InChI is InChI=1S/C17H18N2O3/c1-2-11-22-16-9-3-13(4-10-16)12-18-19-17(21)14-5-7-15(20)8-6-14/h3-10,12,20H,2,11H2,1H3,(H,19,21)/b18-12+. The van der Waals surface area contributed by atoms with Crippen LogP contribution in [-0.2, 0) is 0 Å². The summed E-state index contributed by atoms with van der Waals surface area (Å²) >= 11 is 0. The highest BCUT2D eigenvalue weighted by Gasteiger charge is 2.03. The molecule has 0 atom stereocenters. The molecule has 0 aliphatic heterocycles. The van der Waals surface area contributed by atoms with Crippen molar-refractivity contribution in [1.29, 1.82) is 0 Å². The van der Waals surface area contributed by atoms with Gasteiger partial charge in [-0.3, -0.25) is 4.79 Å². The van der Waals surface area contributed by atoms with E-state index < -0.39 is 0 Å². The number of aromatic hydroxyl groups is 1. The molecule has 0 unspecified atom stereocenters. The Morgan fingerprint density at radius 1 is 1.18 bits per heavy atom. The van der Waals surface area contributed by atoms with Gasteiger partial charge in [-0.25, -0.2) is 5.43 Å². The van der Waals surface area contributed by atoms with Crippen molar-refractivity contribution in [2.24, 2.45) is 5.10 Å². The summed E-state index contributed by atoms with van der Waals surface area (Å²) < 4.78 is 5.49. The van der Waals surface area contributed by atoms with Crippen molar-refractivity contribution in [3.05, 3.63) is 59.7 Å². The summed E-state index contributed by atoms with van der Waals surface area (Å²) in [6.45, 7) is 2.74. The molecule has 0 heterocycles. The molecule has 0 bridgehead atoms. The van der Waals surface area contributed by atoms with Crippen LogP contribution in [0.4, 0.5) is 0 Å². The number of carbonyl (C=O) groups is 1. The lowest BCUT2D eigenvalue weighted by Crippen LogP contribution is -2.17. The lowest BCUT2D eigenvalue weighted by molar-refractivity contribution is 0.0955. The second-order valence-corrected chi connectivity index (χ2v) is 4.66. The summed E-state index contributed by atoms with van der Waals surface area (Å²) in [5.74, 6) is 0.594. The summed E-state index contributed by atoms with van der Waals surface area (Å²) in [7, 11) is 0. The Balaban J connectivity index is 1.89. The number of rotatable bonds is 6. The number of ether oxygens (including phenoxy) is 1. The maximum atomic E-state index is 11.8. The van der Waals surface area contributed by atoms with Crippen molar-refractivity contribution in [3.63, 3.8) is 0 Å². The van der Waals surface area contributed by atoms with Gasteiger partial charge in [0.1, 0.15) is 11.5 Å². The Bertz CT molecular complexity index is 634. The molecule has 0 fully saturated rings. The predicted molar refractivity (Wildman–Crippen MR) is 85.4 cm³/mol. The number of hydrazone groups is 1. The molecule has 0 spiro atoms. The lowest BCUT2D eigenvalue weighted by atomic mass is 10.2. The van der Waals surface area contributed by atoms with Crippen molar-refractivity contribution in [2.45, 2.75) is 13.3 Å². The number of nitrogens with one attached hydrogen (secondary N) is 1. The zero-order valence-corrected chi connectivity index (χ0v) is 12.3. The second kappa shape index (κ2) is 7.83. The molecule has 2 N–H and O–H groups in total. The summed E-state index contributed by atoms with van der Waals surface area (Å²) in [6, 6.07) is 13.4. The molecule has 5 heteroatoms. The van der Waals surface area contributed by atoms with Crippen LogP contribution in [0.5, 0.6) is 11.5 Å². The zero-order chi connectivity index (χ0) is 15.8. The quantitative estimate of drug-likeness (QED) is 0.636. The smallest absolute Gasteiger partial charge is 0.271 e. The van der Waals surface area contributed by atoms with Crippen LogP contribution in [-0.4, -0.2) is 23.8 Å². The van der Waals surface area contributed by atoms with Crippen LogP contribution in [0.15, 0.2) is 53.6 Å². The first-order chi connectivity index (χ1) is 10.7. The van der Waals surface area contributed by atoms with Crippen LogP contribution in [0.1, 0.15) is 29.3 Å². The number of carbonyl (C=O) groups excluding carboxylic acids is 1. The molecule has 22 heavy (non-hydrogen) atoms. The number of amides is 1. The zero-order valence-electron chi connectivity index (χ0n) is 12.3. The van der Waals surface area contributed by atoms with Gasteiger partial charge < -0.3 is 9.84 Å². The lowest BCUT2D eigenvalue weighted by Gasteiger charge is -2.04. The van der Waals surface area contributed by atoms with Crippen LogP contribution in [0.3, 0.4) is 0 Å². The highest BCUT2D eigenvalue weighted by Crippen LogP contribution is 2.11. The minimum atomic E-state index is -0.334. The molecule has 2 aromatic carbocycles. The normalized spacial score (nSPS) is 10.6. The van der Waals surface area contributed by atoms with Gasteiger partial charge in [0.25, 0.3) is 5.91 Å². The number of nitrogens with zero attached hydrogens (tertiary/aromatic N) is 1. The number of hydrogen-bond donors (Lipinski definition) is 2. The van der Waals surface area contributed by atoms with Gasteiger partial charge in [-0.05, 0) is 60.5 Å². The van der Waals surface area contributed by atoms with Crippen LogP contribution < -0.4 is 10.2 Å². The molecule has 0 saturated heterocycles. The van der Waals surface area contributed by atoms with E-state index in [1.54, 1.807) is 6.21 Å². The van der Waals surface area contributed by atoms with E-state index in [0.717, 1.165) is 17.7 Å². The third kappa shape index (κ3) is 4.63. The van der Waals surface area contributed by atoms with Crippen LogP contribution in [0, 0.1) is 0 Å². The predicted octanol–water partition coefficient (Wildman–Crippen LogP) is 2.94. The largest absolute Gasteiger partial charge is 0.508 e. The van der Waals surface area contributed by atoms with Crippen LogP contribution >= 0.6 is 0 Å². The minimum Gasteiger partial charge on any atom is -0.508 e. The van der Waals surface area contributed by atoms with Gasteiger partial charge in [0.2, 0.25) is 0 Å². The molecular formula is C17H18N2O3. The maximum Gasteiger partial charge on any atom is 0.271 e. The Labute approximate surface area is 129 Å². The third-order valence-electron chi connectivity index (χ3n) is 2.86. The van der Waals surface area contributed by atoms with Crippen molar-refractivity contribution >= 4 is 12.1 Å². The number of hydrogen-bond acceptors (Lipinski definition) is 4. The SMILES string of the molecule is CCCOc1ccc(/C=N/NC(=O)c2ccc(O)cc2)cc1. The van der Waals surface area contributed by atoms with Crippen LogP contribution in [0.2, 0.25) is 0 Å². The average molecular weight is 298 g/mol. The van der Waals surface area contributed by atoms with E-state index in [1.807, 2.05) is 24.3 Å². The number of phenols is 1.